The Bertz CT molecular complexity index is 823. The number of Topliss-reactive ketones (excluding diaryl/α,β-unsaturated/α-hetero) is 1. The van der Waals surface area contributed by atoms with Crippen molar-refractivity contribution in [3.63, 3.8) is 0 Å². The molecule has 0 amide bonds. The van der Waals surface area contributed by atoms with Crippen molar-refractivity contribution < 1.29 is 23.7 Å². The van der Waals surface area contributed by atoms with E-state index in [-0.39, 0.29) is 17.2 Å². The summed E-state index contributed by atoms with van der Waals surface area (Å²) in [6.45, 7) is 0. The maximum absolute atomic E-state index is 12.4. The molecule has 2 aliphatic rings. The van der Waals surface area contributed by atoms with Crippen LogP contribution in [0.4, 0.5) is 0 Å². The fourth-order valence-corrected chi connectivity index (χ4v) is 3.28. The van der Waals surface area contributed by atoms with E-state index in [2.05, 4.69) is 6.07 Å². The van der Waals surface area contributed by atoms with Gasteiger partial charge >= 0.3 is 0 Å². The van der Waals surface area contributed by atoms with Crippen LogP contribution in [0.25, 0.3) is 0 Å². The standard InChI is InChI=1S/C18H18N2O5/c1-22-13-6-9(7-14(23-2)17(13)24-3)15-10(8-19)18(20)25-12-5-4-11(21)16(12)15/h6-7,15H,4-5,20H2,1-3H3. The molecule has 1 aliphatic heterocycles. The van der Waals surface area contributed by atoms with Crippen LogP contribution in [0.15, 0.2) is 34.9 Å². The lowest BCUT2D eigenvalue weighted by Crippen LogP contribution is -2.21. The number of hydrogen-bond donors (Lipinski definition) is 1. The van der Waals surface area contributed by atoms with Crippen molar-refractivity contribution in [2.75, 3.05) is 21.3 Å². The number of ketones is 1. The molecule has 7 heteroatoms. The molecule has 1 aromatic carbocycles. The molecule has 1 unspecified atom stereocenters. The van der Waals surface area contributed by atoms with Crippen LogP contribution < -0.4 is 19.9 Å². The summed E-state index contributed by atoms with van der Waals surface area (Å²) in [7, 11) is 4.52. The van der Waals surface area contributed by atoms with Crippen molar-refractivity contribution in [2.45, 2.75) is 18.8 Å². The second kappa shape index (κ2) is 6.40. The number of methoxy groups -OCH3 is 3. The first-order chi connectivity index (χ1) is 12.0. The highest BCUT2D eigenvalue weighted by Gasteiger charge is 2.40. The van der Waals surface area contributed by atoms with Crippen LogP contribution in [-0.2, 0) is 9.53 Å². The Kier molecular flexibility index (Phi) is 4.28. The molecule has 2 N–H and O–H groups in total. The van der Waals surface area contributed by atoms with Gasteiger partial charge in [0.05, 0.1) is 27.2 Å². The average molecular weight is 342 g/mol. The molecule has 25 heavy (non-hydrogen) atoms. The SMILES string of the molecule is COc1cc(C2C(C#N)=C(N)OC3=C2C(=O)CC3)cc(OC)c1OC. The minimum Gasteiger partial charge on any atom is -0.493 e. The second-order valence-corrected chi connectivity index (χ2v) is 5.64. The van der Waals surface area contributed by atoms with E-state index in [0.29, 0.717) is 47.0 Å². The molecule has 1 heterocycles. The lowest BCUT2D eigenvalue weighted by molar-refractivity contribution is -0.115. The number of nitrogens with two attached hydrogens (primary N) is 1. The summed E-state index contributed by atoms with van der Waals surface area (Å²) in [5.74, 6) is 1.20. The van der Waals surface area contributed by atoms with E-state index in [4.69, 9.17) is 24.7 Å². The molecule has 130 valence electrons. The maximum Gasteiger partial charge on any atom is 0.205 e. The molecule has 0 saturated carbocycles. The second-order valence-electron chi connectivity index (χ2n) is 5.64. The highest BCUT2D eigenvalue weighted by Crippen LogP contribution is 2.48. The Labute approximate surface area is 145 Å². The topological polar surface area (TPSA) is 104 Å². The van der Waals surface area contributed by atoms with Gasteiger partial charge in [0.2, 0.25) is 11.6 Å². The first kappa shape index (κ1) is 16.7. The van der Waals surface area contributed by atoms with Crippen molar-refractivity contribution in [3.8, 4) is 23.3 Å². The van der Waals surface area contributed by atoms with Crippen LogP contribution in [0.1, 0.15) is 24.3 Å². The predicted octanol–water partition coefficient (Wildman–Crippen LogP) is 2.14. The van der Waals surface area contributed by atoms with E-state index in [9.17, 15) is 10.1 Å². The van der Waals surface area contributed by atoms with E-state index in [1.807, 2.05) is 0 Å². The first-order valence-corrected chi connectivity index (χ1v) is 7.69. The van der Waals surface area contributed by atoms with Crippen molar-refractivity contribution in [1.82, 2.24) is 0 Å². The Hall–Kier alpha value is -3.14. The number of benzene rings is 1. The molecule has 0 bridgehead atoms. The molecule has 3 rings (SSSR count). The third kappa shape index (κ3) is 2.56. The number of nitriles is 1. The van der Waals surface area contributed by atoms with Crippen molar-refractivity contribution >= 4 is 5.78 Å². The Morgan fingerprint density at radius 2 is 1.80 bits per heavy atom. The number of carbonyl (C=O) groups excluding carboxylic acids is 1. The Morgan fingerprint density at radius 1 is 1.16 bits per heavy atom. The lowest BCUT2D eigenvalue weighted by Gasteiger charge is -2.26. The molecule has 1 aliphatic carbocycles. The summed E-state index contributed by atoms with van der Waals surface area (Å²) in [6.07, 6.45) is 0.825. The molecule has 7 nitrogen and oxygen atoms in total. The maximum atomic E-state index is 12.4. The highest BCUT2D eigenvalue weighted by molar-refractivity contribution is 6.01. The van der Waals surface area contributed by atoms with Gasteiger partial charge in [0, 0.05) is 18.4 Å². The molecule has 1 aromatic rings. The van der Waals surface area contributed by atoms with E-state index in [1.165, 1.54) is 21.3 Å². The summed E-state index contributed by atoms with van der Waals surface area (Å²) >= 11 is 0. The fourth-order valence-electron chi connectivity index (χ4n) is 3.28. The van der Waals surface area contributed by atoms with Gasteiger partial charge in [-0.25, -0.2) is 0 Å². The van der Waals surface area contributed by atoms with Crippen LogP contribution in [0.3, 0.4) is 0 Å². The van der Waals surface area contributed by atoms with E-state index in [1.54, 1.807) is 12.1 Å². The van der Waals surface area contributed by atoms with Crippen molar-refractivity contribution in [3.05, 3.63) is 40.5 Å². The van der Waals surface area contributed by atoms with Gasteiger partial charge in [0.25, 0.3) is 0 Å². The van der Waals surface area contributed by atoms with Crippen molar-refractivity contribution in [2.24, 2.45) is 5.73 Å². The van der Waals surface area contributed by atoms with Gasteiger partial charge in [0.1, 0.15) is 17.4 Å². The number of allylic oxidation sites excluding steroid dienone is 3. The van der Waals surface area contributed by atoms with Gasteiger partial charge in [-0.3, -0.25) is 4.79 Å². The van der Waals surface area contributed by atoms with Gasteiger partial charge in [-0.05, 0) is 17.7 Å². The summed E-state index contributed by atoms with van der Waals surface area (Å²) in [6, 6.07) is 5.51. The number of nitrogens with zero attached hydrogens (tertiary/aromatic N) is 1. The Morgan fingerprint density at radius 3 is 2.32 bits per heavy atom. The molecule has 0 radical (unpaired) electrons. The lowest BCUT2D eigenvalue weighted by atomic mass is 9.82. The quantitative estimate of drug-likeness (QED) is 0.894. The van der Waals surface area contributed by atoms with Gasteiger partial charge in [0.15, 0.2) is 17.3 Å². The smallest absolute Gasteiger partial charge is 0.205 e. The van der Waals surface area contributed by atoms with Crippen LogP contribution in [0.2, 0.25) is 0 Å². The predicted molar refractivity (Wildman–Crippen MR) is 88.0 cm³/mol. The van der Waals surface area contributed by atoms with Gasteiger partial charge in [-0.1, -0.05) is 0 Å². The zero-order valence-electron chi connectivity index (χ0n) is 14.2. The molecule has 1 atom stereocenters. The molecule has 0 saturated heterocycles. The summed E-state index contributed by atoms with van der Waals surface area (Å²) in [5.41, 5.74) is 7.24. The fraction of sp³-hybridized carbons (Fsp3) is 0.333. The Balaban J connectivity index is 2.23. The van der Waals surface area contributed by atoms with Crippen LogP contribution >= 0.6 is 0 Å². The molecule has 0 fully saturated rings. The third-order valence-electron chi connectivity index (χ3n) is 4.40. The summed E-state index contributed by atoms with van der Waals surface area (Å²) < 4.78 is 21.6. The largest absolute Gasteiger partial charge is 0.493 e. The van der Waals surface area contributed by atoms with Gasteiger partial charge in [-0.15, -0.1) is 0 Å². The highest BCUT2D eigenvalue weighted by atomic mass is 16.5. The van der Waals surface area contributed by atoms with Gasteiger partial charge < -0.3 is 24.7 Å². The van der Waals surface area contributed by atoms with Gasteiger partial charge in [-0.2, -0.15) is 5.26 Å². The molecular formula is C18H18N2O5. The van der Waals surface area contributed by atoms with Crippen LogP contribution in [0, 0.1) is 11.3 Å². The number of rotatable bonds is 4. The van der Waals surface area contributed by atoms with E-state index >= 15 is 0 Å². The zero-order chi connectivity index (χ0) is 18.1. The van der Waals surface area contributed by atoms with E-state index < -0.39 is 5.92 Å². The zero-order valence-corrected chi connectivity index (χ0v) is 14.2. The number of carbonyl (C=O) groups is 1. The van der Waals surface area contributed by atoms with Crippen molar-refractivity contribution in [1.29, 1.82) is 5.26 Å². The van der Waals surface area contributed by atoms with Crippen LogP contribution in [0.5, 0.6) is 17.2 Å². The normalized spacial score (nSPS) is 19.3. The molecule has 0 spiro atoms. The minimum atomic E-state index is -0.613. The molecular weight excluding hydrogens is 324 g/mol. The average Bonchev–Trinajstić information content (AvgIpc) is 2.99. The van der Waals surface area contributed by atoms with E-state index in [0.717, 1.165) is 0 Å². The monoisotopic (exact) mass is 342 g/mol. The number of ether oxygens (including phenoxy) is 4. The number of hydrogen-bond acceptors (Lipinski definition) is 7. The third-order valence-corrected chi connectivity index (χ3v) is 4.40. The summed E-state index contributed by atoms with van der Waals surface area (Å²) in [4.78, 5) is 12.4. The first-order valence-electron chi connectivity index (χ1n) is 7.69. The van der Waals surface area contributed by atoms with Crippen LogP contribution in [-0.4, -0.2) is 27.1 Å². The minimum absolute atomic E-state index is 0.0229. The summed E-state index contributed by atoms with van der Waals surface area (Å²) in [5, 5.41) is 9.56. The molecule has 0 aromatic heterocycles.